The SMILES string of the molecule is CC1=CC(C)(C)N(C)c2cc(Cl)c(/C=C3/C(=O)NC(=S)N(C)C3=O)cc21. The lowest BCUT2D eigenvalue weighted by atomic mass is 9.88. The van der Waals surface area contributed by atoms with Crippen molar-refractivity contribution < 1.29 is 9.59 Å². The summed E-state index contributed by atoms with van der Waals surface area (Å²) in [6, 6.07) is 3.79. The minimum Gasteiger partial charge on any atom is -0.365 e. The zero-order valence-corrected chi connectivity index (χ0v) is 16.9. The Morgan fingerprint density at radius 3 is 2.54 bits per heavy atom. The van der Waals surface area contributed by atoms with Crippen LogP contribution in [0.1, 0.15) is 31.9 Å². The Labute approximate surface area is 163 Å². The van der Waals surface area contributed by atoms with E-state index in [2.05, 4.69) is 30.1 Å². The summed E-state index contributed by atoms with van der Waals surface area (Å²) in [7, 11) is 3.54. The van der Waals surface area contributed by atoms with Gasteiger partial charge in [0, 0.05) is 30.4 Å². The van der Waals surface area contributed by atoms with Crippen molar-refractivity contribution in [2.24, 2.45) is 0 Å². The van der Waals surface area contributed by atoms with Crippen LogP contribution in [0.5, 0.6) is 0 Å². The summed E-state index contributed by atoms with van der Waals surface area (Å²) in [4.78, 5) is 28.0. The van der Waals surface area contributed by atoms with Gasteiger partial charge in [-0.1, -0.05) is 17.7 Å². The molecule has 0 spiro atoms. The summed E-state index contributed by atoms with van der Waals surface area (Å²) in [6.07, 6.45) is 3.70. The van der Waals surface area contributed by atoms with Crippen molar-refractivity contribution in [1.82, 2.24) is 10.2 Å². The first kappa shape index (κ1) is 18.6. The molecule has 0 atom stereocenters. The van der Waals surface area contributed by atoms with Crippen molar-refractivity contribution in [2.45, 2.75) is 26.3 Å². The van der Waals surface area contributed by atoms with Gasteiger partial charge in [0.2, 0.25) is 0 Å². The van der Waals surface area contributed by atoms with Gasteiger partial charge in [-0.2, -0.15) is 0 Å². The van der Waals surface area contributed by atoms with E-state index in [0.29, 0.717) is 10.6 Å². The fourth-order valence-electron chi connectivity index (χ4n) is 3.20. The summed E-state index contributed by atoms with van der Waals surface area (Å²) in [5.74, 6) is -0.963. The van der Waals surface area contributed by atoms with Crippen LogP contribution in [-0.4, -0.2) is 41.5 Å². The van der Waals surface area contributed by atoms with Crippen LogP contribution in [0, 0.1) is 0 Å². The molecule has 3 rings (SSSR count). The molecule has 5 nitrogen and oxygen atoms in total. The molecule has 26 heavy (non-hydrogen) atoms. The molecule has 2 amide bonds. The summed E-state index contributed by atoms with van der Waals surface area (Å²) in [5.41, 5.74) is 3.66. The van der Waals surface area contributed by atoms with E-state index >= 15 is 0 Å². The highest BCUT2D eigenvalue weighted by molar-refractivity contribution is 7.80. The number of hydrogen-bond donors (Lipinski definition) is 1. The van der Waals surface area contributed by atoms with Gasteiger partial charge >= 0.3 is 0 Å². The molecule has 2 aliphatic heterocycles. The van der Waals surface area contributed by atoms with Gasteiger partial charge in [0.05, 0.1) is 5.54 Å². The molecule has 0 aromatic heterocycles. The number of carbonyl (C=O) groups is 2. The van der Waals surface area contributed by atoms with E-state index in [9.17, 15) is 9.59 Å². The molecule has 0 radical (unpaired) electrons. The van der Waals surface area contributed by atoms with Crippen molar-refractivity contribution >= 4 is 58.1 Å². The molecule has 0 saturated carbocycles. The van der Waals surface area contributed by atoms with Crippen molar-refractivity contribution in [2.75, 3.05) is 19.0 Å². The molecule has 1 aromatic carbocycles. The van der Waals surface area contributed by atoms with E-state index in [1.165, 1.54) is 18.0 Å². The van der Waals surface area contributed by atoms with Crippen LogP contribution in [0.3, 0.4) is 0 Å². The van der Waals surface area contributed by atoms with Crippen molar-refractivity contribution in [3.05, 3.63) is 39.9 Å². The number of fused-ring (bicyclic) bond motifs is 1. The number of benzene rings is 1. The zero-order valence-electron chi connectivity index (χ0n) is 15.3. The second kappa shape index (κ2) is 6.21. The first-order valence-electron chi connectivity index (χ1n) is 8.15. The number of hydrogen-bond acceptors (Lipinski definition) is 4. The average Bonchev–Trinajstić information content (AvgIpc) is 2.55. The van der Waals surface area contributed by atoms with Gasteiger partial charge in [-0.05, 0) is 62.3 Å². The average molecular weight is 390 g/mol. The lowest BCUT2D eigenvalue weighted by Gasteiger charge is -2.40. The van der Waals surface area contributed by atoms with Gasteiger partial charge in [0.25, 0.3) is 11.8 Å². The number of rotatable bonds is 1. The number of amides is 2. The molecule has 136 valence electrons. The van der Waals surface area contributed by atoms with Crippen LogP contribution in [0.2, 0.25) is 5.02 Å². The molecule has 0 bridgehead atoms. The quantitative estimate of drug-likeness (QED) is 0.455. The minimum atomic E-state index is -0.516. The molecule has 2 heterocycles. The lowest BCUT2D eigenvalue weighted by molar-refractivity contribution is -0.128. The fourth-order valence-corrected chi connectivity index (χ4v) is 3.59. The predicted octanol–water partition coefficient (Wildman–Crippen LogP) is 3.23. The predicted molar refractivity (Wildman–Crippen MR) is 109 cm³/mol. The van der Waals surface area contributed by atoms with Crippen molar-refractivity contribution in [3.8, 4) is 0 Å². The van der Waals surface area contributed by atoms with E-state index in [1.807, 2.05) is 26.1 Å². The van der Waals surface area contributed by atoms with Gasteiger partial charge < -0.3 is 4.90 Å². The van der Waals surface area contributed by atoms with Gasteiger partial charge in [-0.15, -0.1) is 0 Å². The molecule has 1 saturated heterocycles. The highest BCUT2D eigenvalue weighted by Gasteiger charge is 2.32. The second-order valence-electron chi connectivity index (χ2n) is 7.11. The van der Waals surface area contributed by atoms with Crippen molar-refractivity contribution in [3.63, 3.8) is 0 Å². The van der Waals surface area contributed by atoms with Gasteiger partial charge in [-0.25, -0.2) is 0 Å². The first-order chi connectivity index (χ1) is 12.0. The van der Waals surface area contributed by atoms with E-state index < -0.39 is 11.8 Å². The van der Waals surface area contributed by atoms with E-state index in [1.54, 1.807) is 0 Å². The highest BCUT2D eigenvalue weighted by Crippen LogP contribution is 2.40. The minimum absolute atomic E-state index is 0.00840. The number of nitrogens with one attached hydrogen (secondary N) is 1. The standard InChI is InChI=1S/C19H20ClN3O2S/c1-10-9-19(2,3)23(5)15-8-14(20)11(6-12(10)15)7-13-16(24)21-18(26)22(4)17(13)25/h6-9H,1-5H3,(H,21,24,26)/b13-7-. The van der Waals surface area contributed by atoms with Crippen LogP contribution in [0.15, 0.2) is 23.8 Å². The number of halogens is 1. The third kappa shape index (κ3) is 2.93. The Kier molecular flexibility index (Phi) is 4.45. The van der Waals surface area contributed by atoms with E-state index in [-0.39, 0.29) is 16.2 Å². The van der Waals surface area contributed by atoms with Gasteiger partial charge in [0.15, 0.2) is 5.11 Å². The Hall–Kier alpha value is -2.18. The Morgan fingerprint density at radius 2 is 1.88 bits per heavy atom. The molecule has 2 aliphatic rings. The number of allylic oxidation sites excluding steroid dienone is 1. The largest absolute Gasteiger partial charge is 0.365 e. The number of nitrogens with zero attached hydrogens (tertiary/aromatic N) is 2. The zero-order chi connectivity index (χ0) is 19.4. The maximum absolute atomic E-state index is 12.4. The second-order valence-corrected chi connectivity index (χ2v) is 7.91. The van der Waals surface area contributed by atoms with Crippen molar-refractivity contribution in [1.29, 1.82) is 0 Å². The summed E-state index contributed by atoms with van der Waals surface area (Å²) < 4.78 is 0. The number of carbonyl (C=O) groups excluding carboxylic acids is 2. The third-order valence-corrected chi connectivity index (χ3v) is 5.64. The van der Waals surface area contributed by atoms with Crippen LogP contribution < -0.4 is 10.2 Å². The summed E-state index contributed by atoms with van der Waals surface area (Å²) >= 11 is 11.4. The first-order valence-corrected chi connectivity index (χ1v) is 8.94. The Bertz CT molecular complexity index is 918. The molecule has 1 N–H and O–H groups in total. The highest BCUT2D eigenvalue weighted by atomic mass is 35.5. The van der Waals surface area contributed by atoms with Crippen LogP contribution in [-0.2, 0) is 9.59 Å². The number of likely N-dealkylation sites (N-methyl/N-ethyl adjacent to an activating group) is 2. The molecule has 7 heteroatoms. The monoisotopic (exact) mass is 389 g/mol. The van der Waals surface area contributed by atoms with Crippen LogP contribution in [0.25, 0.3) is 11.6 Å². The molecule has 0 unspecified atom stereocenters. The molecule has 1 fully saturated rings. The third-order valence-electron chi connectivity index (χ3n) is 4.94. The molecular weight excluding hydrogens is 370 g/mol. The maximum Gasteiger partial charge on any atom is 0.265 e. The smallest absolute Gasteiger partial charge is 0.265 e. The maximum atomic E-state index is 12.4. The van der Waals surface area contributed by atoms with E-state index in [4.69, 9.17) is 23.8 Å². The van der Waals surface area contributed by atoms with Gasteiger partial charge in [0.1, 0.15) is 5.57 Å². The lowest BCUT2D eigenvalue weighted by Crippen LogP contribution is -2.52. The van der Waals surface area contributed by atoms with Gasteiger partial charge in [-0.3, -0.25) is 19.8 Å². The number of thiocarbonyl (C=S) groups is 1. The topological polar surface area (TPSA) is 52.7 Å². The number of anilines is 1. The summed E-state index contributed by atoms with van der Waals surface area (Å²) in [6.45, 7) is 6.31. The van der Waals surface area contributed by atoms with Crippen LogP contribution in [0.4, 0.5) is 5.69 Å². The summed E-state index contributed by atoms with van der Waals surface area (Å²) in [5, 5.41) is 3.08. The van der Waals surface area contributed by atoms with Crippen LogP contribution >= 0.6 is 23.8 Å². The Morgan fingerprint density at radius 1 is 1.23 bits per heavy atom. The fraction of sp³-hybridized carbons (Fsp3) is 0.316. The molecule has 0 aliphatic carbocycles. The van der Waals surface area contributed by atoms with E-state index in [0.717, 1.165) is 16.8 Å². The normalized spacial score (nSPS) is 20.9. The Balaban J connectivity index is 2.12. The molecular formula is C19H20ClN3O2S. The molecule has 1 aromatic rings.